The zero-order chi connectivity index (χ0) is 22.0. The van der Waals surface area contributed by atoms with Gasteiger partial charge >= 0.3 is 0 Å². The van der Waals surface area contributed by atoms with Gasteiger partial charge in [0.1, 0.15) is 12.4 Å². The predicted octanol–water partition coefficient (Wildman–Crippen LogP) is 6.03. The molecule has 4 rings (SSSR count). The van der Waals surface area contributed by atoms with Gasteiger partial charge < -0.3 is 4.74 Å². The molecule has 0 aliphatic rings. The number of aromatic nitrogens is 2. The molecule has 2 aromatic carbocycles. The number of ether oxygens (including phenoxy) is 1. The Morgan fingerprint density at radius 2 is 1.90 bits per heavy atom. The van der Waals surface area contributed by atoms with Gasteiger partial charge in [0, 0.05) is 10.9 Å². The summed E-state index contributed by atoms with van der Waals surface area (Å²) < 4.78 is 5.60. The van der Waals surface area contributed by atoms with Crippen LogP contribution in [-0.2, 0) is 0 Å². The Hall–Kier alpha value is -3.49. The molecule has 5 heteroatoms. The van der Waals surface area contributed by atoms with Gasteiger partial charge in [-0.05, 0) is 53.6 Å². The third-order valence-corrected chi connectivity index (χ3v) is 6.13. The van der Waals surface area contributed by atoms with Gasteiger partial charge in [0.2, 0.25) is 11.6 Å². The zero-order valence-electron chi connectivity index (χ0n) is 17.7. The van der Waals surface area contributed by atoms with Gasteiger partial charge in [0.05, 0.1) is 16.1 Å². The molecule has 31 heavy (non-hydrogen) atoms. The lowest BCUT2D eigenvalue weighted by Crippen LogP contribution is -2.08. The van der Waals surface area contributed by atoms with Gasteiger partial charge in [-0.15, -0.1) is 17.8 Å². The normalized spacial score (nSPS) is 10.9. The molecular weight excluding hydrogens is 404 g/mol. The van der Waals surface area contributed by atoms with Crippen LogP contribution in [0.4, 0.5) is 0 Å². The minimum Gasteiger partial charge on any atom is -0.481 e. The van der Waals surface area contributed by atoms with Crippen LogP contribution in [0.5, 0.6) is 5.75 Å². The van der Waals surface area contributed by atoms with Gasteiger partial charge in [-0.25, -0.2) is 9.97 Å². The second-order valence-corrected chi connectivity index (χ2v) is 8.52. The molecule has 0 amide bonds. The number of hydrogen-bond donors (Lipinski definition) is 0. The van der Waals surface area contributed by atoms with E-state index in [1.807, 2.05) is 48.7 Å². The molecule has 0 aliphatic carbocycles. The molecule has 0 fully saturated rings. The standard InChI is InChI=1S/C26H22N2O2S/c1-5-13-30-20-10-11-22-21(15-20)23(19-8-6-18(7-9-19)16(2)3)28-26(27-22)24(29)25-17(4)12-14-31-25/h1,6-12,14-16H,13H2,2-4H3. The van der Waals surface area contributed by atoms with E-state index >= 15 is 0 Å². The van der Waals surface area contributed by atoms with E-state index in [0.29, 0.717) is 27.8 Å². The molecule has 2 heterocycles. The first-order valence-electron chi connectivity index (χ1n) is 10.0. The molecule has 0 radical (unpaired) electrons. The van der Waals surface area contributed by atoms with Gasteiger partial charge in [0.25, 0.3) is 0 Å². The van der Waals surface area contributed by atoms with Crippen molar-refractivity contribution in [3.63, 3.8) is 0 Å². The Labute approximate surface area is 186 Å². The second-order valence-electron chi connectivity index (χ2n) is 7.61. The van der Waals surface area contributed by atoms with E-state index in [0.717, 1.165) is 16.5 Å². The second kappa shape index (κ2) is 8.71. The lowest BCUT2D eigenvalue weighted by atomic mass is 9.99. The van der Waals surface area contributed by atoms with Crippen LogP contribution in [0.25, 0.3) is 22.2 Å². The number of benzene rings is 2. The van der Waals surface area contributed by atoms with E-state index in [1.54, 1.807) is 0 Å². The molecule has 0 bridgehead atoms. The highest BCUT2D eigenvalue weighted by molar-refractivity contribution is 7.12. The lowest BCUT2D eigenvalue weighted by molar-refractivity contribution is 0.103. The predicted molar refractivity (Wildman–Crippen MR) is 126 cm³/mol. The Morgan fingerprint density at radius 1 is 1.13 bits per heavy atom. The van der Waals surface area contributed by atoms with Crippen LogP contribution >= 0.6 is 11.3 Å². The van der Waals surface area contributed by atoms with Crippen LogP contribution in [0, 0.1) is 19.3 Å². The molecule has 4 nitrogen and oxygen atoms in total. The van der Waals surface area contributed by atoms with E-state index < -0.39 is 0 Å². The van der Waals surface area contributed by atoms with Gasteiger partial charge in [-0.2, -0.15) is 0 Å². The maximum Gasteiger partial charge on any atom is 0.240 e. The molecule has 154 valence electrons. The Morgan fingerprint density at radius 3 is 2.55 bits per heavy atom. The number of carbonyl (C=O) groups excluding carboxylic acids is 1. The fourth-order valence-electron chi connectivity index (χ4n) is 3.38. The summed E-state index contributed by atoms with van der Waals surface area (Å²) in [6, 6.07) is 15.7. The summed E-state index contributed by atoms with van der Waals surface area (Å²) >= 11 is 1.41. The van der Waals surface area contributed by atoms with Crippen molar-refractivity contribution in [1.29, 1.82) is 0 Å². The average molecular weight is 427 g/mol. The zero-order valence-corrected chi connectivity index (χ0v) is 18.5. The first kappa shape index (κ1) is 20.8. The molecule has 0 saturated carbocycles. The minimum atomic E-state index is -0.165. The summed E-state index contributed by atoms with van der Waals surface area (Å²) in [6.45, 7) is 6.42. The fraction of sp³-hybridized carbons (Fsp3) is 0.192. The third kappa shape index (κ3) is 4.21. The van der Waals surface area contributed by atoms with Crippen LogP contribution in [0.1, 0.15) is 46.4 Å². The highest BCUT2D eigenvalue weighted by Gasteiger charge is 2.20. The quantitative estimate of drug-likeness (QED) is 0.279. The Balaban J connectivity index is 1.89. The topological polar surface area (TPSA) is 52.1 Å². The first-order chi connectivity index (χ1) is 15.0. The smallest absolute Gasteiger partial charge is 0.240 e. The molecular formula is C26H22N2O2S. The summed E-state index contributed by atoms with van der Waals surface area (Å²) in [6.07, 6.45) is 5.32. The van der Waals surface area contributed by atoms with E-state index in [-0.39, 0.29) is 18.2 Å². The number of rotatable bonds is 6. The van der Waals surface area contributed by atoms with Gasteiger partial charge in [0.15, 0.2) is 0 Å². The van der Waals surface area contributed by atoms with E-state index in [2.05, 4.69) is 36.9 Å². The number of thiophene rings is 1. The van der Waals surface area contributed by atoms with Crippen molar-refractivity contribution in [2.24, 2.45) is 0 Å². The lowest BCUT2D eigenvalue weighted by Gasteiger charge is -2.12. The summed E-state index contributed by atoms with van der Waals surface area (Å²) in [7, 11) is 0. The summed E-state index contributed by atoms with van der Waals surface area (Å²) in [5, 5.41) is 2.72. The summed E-state index contributed by atoms with van der Waals surface area (Å²) in [5.41, 5.74) is 4.47. The number of nitrogens with zero attached hydrogens (tertiary/aromatic N) is 2. The molecule has 0 unspecified atom stereocenters. The van der Waals surface area contributed by atoms with E-state index in [1.165, 1.54) is 16.9 Å². The summed E-state index contributed by atoms with van der Waals surface area (Å²) in [5.74, 6) is 3.57. The number of carbonyl (C=O) groups is 1. The average Bonchev–Trinajstić information content (AvgIpc) is 3.22. The van der Waals surface area contributed by atoms with E-state index in [9.17, 15) is 4.79 Å². The first-order valence-corrected chi connectivity index (χ1v) is 10.9. The Kier molecular flexibility index (Phi) is 5.83. The van der Waals surface area contributed by atoms with Crippen molar-refractivity contribution in [2.45, 2.75) is 26.7 Å². The third-order valence-electron chi connectivity index (χ3n) is 5.11. The van der Waals surface area contributed by atoms with Crippen molar-refractivity contribution in [2.75, 3.05) is 6.61 Å². The molecule has 0 N–H and O–H groups in total. The van der Waals surface area contributed by atoms with Crippen LogP contribution in [0.2, 0.25) is 0 Å². The number of aryl methyl sites for hydroxylation is 1. The summed E-state index contributed by atoms with van der Waals surface area (Å²) in [4.78, 5) is 23.1. The number of ketones is 1. The molecule has 4 aromatic rings. The van der Waals surface area contributed by atoms with Crippen LogP contribution in [-0.4, -0.2) is 22.4 Å². The van der Waals surface area contributed by atoms with Crippen molar-refractivity contribution in [3.05, 3.63) is 75.7 Å². The monoisotopic (exact) mass is 426 g/mol. The van der Waals surface area contributed by atoms with Crippen molar-refractivity contribution >= 4 is 28.0 Å². The molecule has 0 spiro atoms. The molecule has 0 atom stereocenters. The molecule has 0 saturated heterocycles. The van der Waals surface area contributed by atoms with Crippen LogP contribution in [0.15, 0.2) is 53.9 Å². The number of fused-ring (bicyclic) bond motifs is 1. The van der Waals surface area contributed by atoms with Crippen molar-refractivity contribution in [3.8, 4) is 29.4 Å². The Bertz CT molecular complexity index is 1300. The van der Waals surface area contributed by atoms with Crippen LogP contribution < -0.4 is 4.74 Å². The largest absolute Gasteiger partial charge is 0.481 e. The van der Waals surface area contributed by atoms with E-state index in [4.69, 9.17) is 16.1 Å². The number of terminal acetylenes is 1. The fourth-order valence-corrected chi connectivity index (χ4v) is 4.24. The van der Waals surface area contributed by atoms with Crippen molar-refractivity contribution < 1.29 is 9.53 Å². The maximum atomic E-state index is 13.1. The van der Waals surface area contributed by atoms with Crippen LogP contribution in [0.3, 0.4) is 0 Å². The highest BCUT2D eigenvalue weighted by atomic mass is 32.1. The molecule has 0 aliphatic heterocycles. The number of hydrogen-bond acceptors (Lipinski definition) is 5. The SMILES string of the molecule is C#CCOc1ccc2nc(C(=O)c3sccc3C)nc(-c3ccc(C(C)C)cc3)c2c1. The van der Waals surface area contributed by atoms with Gasteiger partial charge in [-0.3, -0.25) is 4.79 Å². The van der Waals surface area contributed by atoms with Gasteiger partial charge in [-0.1, -0.05) is 44.0 Å². The highest BCUT2D eigenvalue weighted by Crippen LogP contribution is 2.31. The maximum absolute atomic E-state index is 13.1. The van der Waals surface area contributed by atoms with Crippen molar-refractivity contribution in [1.82, 2.24) is 9.97 Å². The minimum absolute atomic E-state index is 0.165. The molecule has 2 aromatic heterocycles.